The molecule has 38 heavy (non-hydrogen) atoms. The first-order valence-corrected chi connectivity index (χ1v) is 13.1. The summed E-state index contributed by atoms with van der Waals surface area (Å²) in [4.78, 5) is 10.9. The molecule has 0 saturated carbocycles. The number of benzene rings is 3. The molecule has 2 unspecified atom stereocenters. The highest BCUT2D eigenvalue weighted by Crippen LogP contribution is 2.25. The van der Waals surface area contributed by atoms with Gasteiger partial charge in [0, 0.05) is 43.2 Å². The zero-order valence-corrected chi connectivity index (χ0v) is 23.1. The minimum atomic E-state index is -0.544. The van der Waals surface area contributed by atoms with Crippen LogP contribution in [0.1, 0.15) is 34.6 Å². The van der Waals surface area contributed by atoms with Gasteiger partial charge in [0.2, 0.25) is 5.91 Å². The maximum Gasteiger partial charge on any atom is 0.221 e. The summed E-state index contributed by atoms with van der Waals surface area (Å²) in [6, 6.07) is 21.8. The third-order valence-corrected chi connectivity index (χ3v) is 5.32. The molecule has 8 nitrogen and oxygen atoms in total. The summed E-state index contributed by atoms with van der Waals surface area (Å²) < 4.78 is 11.2. The molecule has 5 N–H and O–H groups in total. The highest BCUT2D eigenvalue weighted by molar-refractivity contribution is 5.89. The van der Waals surface area contributed by atoms with Gasteiger partial charge in [0.15, 0.2) is 0 Å². The van der Waals surface area contributed by atoms with Crippen molar-refractivity contribution in [3.05, 3.63) is 66.7 Å². The van der Waals surface area contributed by atoms with E-state index in [1.54, 1.807) is 24.3 Å². The Morgan fingerprint density at radius 3 is 1.89 bits per heavy atom. The Balaban J connectivity index is 0.000000267. The van der Waals surface area contributed by atoms with Crippen LogP contribution >= 0.6 is 0 Å². The quantitative estimate of drug-likeness (QED) is 0.230. The lowest BCUT2D eigenvalue weighted by Crippen LogP contribution is -2.35. The maximum absolute atomic E-state index is 10.9. The van der Waals surface area contributed by atoms with Crippen molar-refractivity contribution in [3.63, 3.8) is 0 Å². The molecule has 0 radical (unpaired) electrons. The molecule has 3 aromatic carbocycles. The molecule has 2 atom stereocenters. The highest BCUT2D eigenvalue weighted by atomic mass is 16.5. The average Bonchev–Trinajstić information content (AvgIpc) is 2.89. The van der Waals surface area contributed by atoms with E-state index in [0.29, 0.717) is 37.5 Å². The van der Waals surface area contributed by atoms with Crippen LogP contribution in [0.5, 0.6) is 11.5 Å². The molecule has 3 rings (SSSR count). The lowest BCUT2D eigenvalue weighted by Gasteiger charge is -2.15. The number of aliphatic hydroxyl groups is 2. The predicted octanol–water partition coefficient (Wildman–Crippen LogP) is 3.96. The monoisotopic (exact) mass is 525 g/mol. The Morgan fingerprint density at radius 1 is 0.763 bits per heavy atom. The van der Waals surface area contributed by atoms with Crippen LogP contribution in [0.3, 0.4) is 0 Å². The first-order valence-electron chi connectivity index (χ1n) is 13.1. The van der Waals surface area contributed by atoms with E-state index in [1.807, 2.05) is 44.2 Å². The minimum Gasteiger partial charge on any atom is -0.491 e. The molecule has 0 heterocycles. The molecular weight excluding hydrogens is 482 g/mol. The number of carbonyl (C=O) groups excluding carboxylic acids is 1. The van der Waals surface area contributed by atoms with Crippen molar-refractivity contribution in [1.29, 1.82) is 0 Å². The fourth-order valence-corrected chi connectivity index (χ4v) is 3.40. The topological polar surface area (TPSA) is 112 Å². The van der Waals surface area contributed by atoms with Gasteiger partial charge >= 0.3 is 0 Å². The van der Waals surface area contributed by atoms with E-state index in [2.05, 4.69) is 41.9 Å². The predicted molar refractivity (Wildman–Crippen MR) is 154 cm³/mol. The van der Waals surface area contributed by atoms with Crippen molar-refractivity contribution in [3.8, 4) is 11.5 Å². The van der Waals surface area contributed by atoms with Crippen molar-refractivity contribution in [1.82, 2.24) is 10.6 Å². The van der Waals surface area contributed by atoms with Gasteiger partial charge in [-0.25, -0.2) is 0 Å². The summed E-state index contributed by atoms with van der Waals surface area (Å²) in [6.07, 6.45) is -1.04. The van der Waals surface area contributed by atoms with Crippen molar-refractivity contribution in [2.75, 3.05) is 31.6 Å². The van der Waals surface area contributed by atoms with Gasteiger partial charge in [-0.1, -0.05) is 64.1 Å². The number of anilines is 1. The average molecular weight is 526 g/mol. The van der Waals surface area contributed by atoms with E-state index in [9.17, 15) is 15.0 Å². The molecular formula is C30H43N3O5. The standard InChI is InChI=1S/C16H21NO2.C14H22N2O3/c1-12(2)17-10-14(18)11-19-16-9-5-7-13-6-3-4-8-15(13)16;1-10(2)15-8-13(18)9-19-14-6-4-12(5-7-14)16-11(3)17/h3-9,12,14,17-18H,10-11H2,1-2H3;4-7,10,13,15,18H,8-9H2,1-3H3,(H,16,17). The van der Waals surface area contributed by atoms with Crippen LogP contribution < -0.4 is 25.4 Å². The van der Waals surface area contributed by atoms with Gasteiger partial charge in [0.1, 0.15) is 36.9 Å². The number of aliphatic hydroxyl groups excluding tert-OH is 2. The van der Waals surface area contributed by atoms with Gasteiger partial charge in [-0.2, -0.15) is 0 Å². The molecule has 208 valence electrons. The summed E-state index contributed by atoms with van der Waals surface area (Å²) >= 11 is 0. The molecule has 1 amide bonds. The van der Waals surface area contributed by atoms with Gasteiger partial charge in [-0.15, -0.1) is 0 Å². The SMILES string of the molecule is CC(=O)Nc1ccc(OCC(O)CNC(C)C)cc1.CC(C)NCC(O)COc1cccc2ccccc12. The van der Waals surface area contributed by atoms with Crippen molar-refractivity contribution in [2.45, 2.75) is 58.9 Å². The van der Waals surface area contributed by atoms with Crippen LogP contribution in [0.2, 0.25) is 0 Å². The fraction of sp³-hybridized carbons (Fsp3) is 0.433. The molecule has 3 aromatic rings. The number of hydrogen-bond donors (Lipinski definition) is 5. The number of fused-ring (bicyclic) bond motifs is 1. The van der Waals surface area contributed by atoms with Crippen molar-refractivity contribution >= 4 is 22.4 Å². The summed E-state index contributed by atoms with van der Waals surface area (Å²) in [6.45, 7) is 11.2. The number of nitrogens with one attached hydrogen (secondary N) is 3. The first-order chi connectivity index (χ1) is 18.1. The van der Waals surface area contributed by atoms with E-state index in [0.717, 1.165) is 22.2 Å². The lowest BCUT2D eigenvalue weighted by atomic mass is 10.1. The van der Waals surface area contributed by atoms with E-state index in [4.69, 9.17) is 9.47 Å². The number of hydrogen-bond acceptors (Lipinski definition) is 7. The second kappa shape index (κ2) is 16.6. The molecule has 0 fully saturated rings. The molecule has 0 aliphatic heterocycles. The second-order valence-corrected chi connectivity index (χ2v) is 9.74. The normalized spacial score (nSPS) is 12.6. The Kier molecular flexibility index (Phi) is 13.6. The van der Waals surface area contributed by atoms with Crippen LogP contribution in [-0.4, -0.2) is 66.7 Å². The Hall–Kier alpha value is -3.17. The van der Waals surface area contributed by atoms with Gasteiger partial charge in [-0.3, -0.25) is 4.79 Å². The zero-order chi connectivity index (χ0) is 27.9. The lowest BCUT2D eigenvalue weighted by molar-refractivity contribution is -0.114. The van der Waals surface area contributed by atoms with Gasteiger partial charge in [0.05, 0.1) is 0 Å². The summed E-state index contributed by atoms with van der Waals surface area (Å²) in [7, 11) is 0. The molecule has 0 spiro atoms. The number of ether oxygens (including phenoxy) is 2. The third kappa shape index (κ3) is 12.4. The first kappa shape index (κ1) is 31.1. The highest BCUT2D eigenvalue weighted by Gasteiger charge is 2.08. The van der Waals surface area contributed by atoms with Crippen LogP contribution in [0, 0.1) is 0 Å². The van der Waals surface area contributed by atoms with Crippen molar-refractivity contribution < 1.29 is 24.5 Å². The van der Waals surface area contributed by atoms with Gasteiger partial charge < -0.3 is 35.6 Å². The second-order valence-electron chi connectivity index (χ2n) is 9.74. The van der Waals surface area contributed by atoms with E-state index >= 15 is 0 Å². The maximum atomic E-state index is 10.9. The van der Waals surface area contributed by atoms with Crippen LogP contribution in [0.25, 0.3) is 10.8 Å². The van der Waals surface area contributed by atoms with Gasteiger partial charge in [-0.05, 0) is 35.7 Å². The molecule has 0 aliphatic carbocycles. The van der Waals surface area contributed by atoms with E-state index < -0.39 is 12.2 Å². The van der Waals surface area contributed by atoms with Crippen LogP contribution in [0.4, 0.5) is 5.69 Å². The summed E-state index contributed by atoms with van der Waals surface area (Å²) in [5, 5.41) is 30.8. The summed E-state index contributed by atoms with van der Waals surface area (Å²) in [5.41, 5.74) is 0.724. The fourth-order valence-electron chi connectivity index (χ4n) is 3.40. The van der Waals surface area contributed by atoms with E-state index in [-0.39, 0.29) is 12.5 Å². The number of carbonyl (C=O) groups is 1. The Labute approximate surface area is 226 Å². The Morgan fingerprint density at radius 2 is 1.32 bits per heavy atom. The molecule has 0 saturated heterocycles. The molecule has 8 heteroatoms. The zero-order valence-electron chi connectivity index (χ0n) is 23.1. The van der Waals surface area contributed by atoms with Crippen molar-refractivity contribution in [2.24, 2.45) is 0 Å². The largest absolute Gasteiger partial charge is 0.491 e. The van der Waals surface area contributed by atoms with Crippen LogP contribution in [-0.2, 0) is 4.79 Å². The molecule has 0 aromatic heterocycles. The van der Waals surface area contributed by atoms with Gasteiger partial charge in [0.25, 0.3) is 0 Å². The van der Waals surface area contributed by atoms with E-state index in [1.165, 1.54) is 6.92 Å². The smallest absolute Gasteiger partial charge is 0.221 e. The minimum absolute atomic E-state index is 0.108. The third-order valence-electron chi connectivity index (χ3n) is 5.32. The molecule has 0 aliphatic rings. The number of rotatable bonds is 13. The Bertz CT molecular complexity index is 1080. The number of amides is 1. The summed E-state index contributed by atoms with van der Waals surface area (Å²) in [5.74, 6) is 1.38. The van der Waals surface area contributed by atoms with Crippen LogP contribution in [0.15, 0.2) is 66.7 Å². The molecule has 0 bridgehead atoms.